The summed E-state index contributed by atoms with van der Waals surface area (Å²) >= 11 is 1.35. The molecule has 27 heavy (non-hydrogen) atoms. The van der Waals surface area contributed by atoms with E-state index >= 15 is 0 Å². The number of thiazole rings is 1. The number of imidazole rings is 1. The molecule has 0 aliphatic carbocycles. The number of hydrogen-bond acceptors (Lipinski definition) is 6. The van der Waals surface area contributed by atoms with Gasteiger partial charge in [-0.1, -0.05) is 29.5 Å². The van der Waals surface area contributed by atoms with Crippen molar-refractivity contribution in [3.05, 3.63) is 62.9 Å². The Kier molecular flexibility index (Phi) is 4.48. The van der Waals surface area contributed by atoms with E-state index in [1.165, 1.54) is 11.3 Å². The monoisotopic (exact) mass is 377 g/mol. The summed E-state index contributed by atoms with van der Waals surface area (Å²) < 4.78 is 13.2. The molecule has 2 aromatic heterocycles. The molecule has 6 nitrogen and oxygen atoms in total. The fraction of sp³-hybridized carbons (Fsp3) is 0.150. The van der Waals surface area contributed by atoms with Crippen LogP contribution in [0.3, 0.4) is 0 Å². The molecule has 0 saturated heterocycles. The van der Waals surface area contributed by atoms with Crippen molar-refractivity contribution in [2.24, 2.45) is 0 Å². The Hall–Kier alpha value is -3.37. The average Bonchev–Trinajstić information content (AvgIpc) is 3.18. The summed E-state index contributed by atoms with van der Waals surface area (Å²) in [7, 11) is 0. The minimum atomic E-state index is -0.0912. The van der Waals surface area contributed by atoms with Crippen molar-refractivity contribution in [1.82, 2.24) is 9.38 Å². The van der Waals surface area contributed by atoms with Crippen LogP contribution >= 0.6 is 11.3 Å². The zero-order chi connectivity index (χ0) is 18.8. The van der Waals surface area contributed by atoms with Gasteiger partial charge >= 0.3 is 0 Å². The average molecular weight is 377 g/mol. The number of nitrogens with zero attached hydrogens (tertiary/aromatic N) is 3. The summed E-state index contributed by atoms with van der Waals surface area (Å²) in [5.74, 6) is 1.05. The van der Waals surface area contributed by atoms with Crippen molar-refractivity contribution in [2.75, 3.05) is 13.2 Å². The van der Waals surface area contributed by atoms with Crippen LogP contribution in [-0.2, 0) is 0 Å². The number of hydrogen-bond donors (Lipinski definition) is 0. The second-order valence-electron chi connectivity index (χ2n) is 5.72. The molecule has 0 aliphatic heterocycles. The van der Waals surface area contributed by atoms with Crippen LogP contribution in [0.2, 0.25) is 0 Å². The quantitative estimate of drug-likeness (QED) is 0.534. The number of nitriles is 1. The van der Waals surface area contributed by atoms with E-state index in [0.717, 1.165) is 16.6 Å². The number of fused-ring (bicyclic) bond motifs is 3. The SMILES string of the molecule is CCOc1cc(C=c2sc3nc4ccccc4n3c2=O)ccc1OCC#N. The van der Waals surface area contributed by atoms with Crippen LogP contribution in [-0.4, -0.2) is 22.6 Å². The smallest absolute Gasteiger partial charge is 0.274 e. The highest BCUT2D eigenvalue weighted by Gasteiger charge is 2.11. The van der Waals surface area contributed by atoms with Gasteiger partial charge in [-0.05, 0) is 42.8 Å². The van der Waals surface area contributed by atoms with Gasteiger partial charge in [-0.3, -0.25) is 4.79 Å². The molecule has 7 heteroatoms. The van der Waals surface area contributed by atoms with Crippen LogP contribution in [0.5, 0.6) is 11.5 Å². The molecule has 0 amide bonds. The molecule has 0 aliphatic rings. The summed E-state index contributed by atoms with van der Waals surface area (Å²) in [5.41, 5.74) is 2.34. The van der Waals surface area contributed by atoms with Gasteiger partial charge in [-0.2, -0.15) is 5.26 Å². The van der Waals surface area contributed by atoms with E-state index in [1.807, 2.05) is 49.4 Å². The maximum absolute atomic E-state index is 12.8. The van der Waals surface area contributed by atoms with Gasteiger partial charge in [-0.25, -0.2) is 9.38 Å². The number of benzene rings is 2. The van der Waals surface area contributed by atoms with E-state index in [4.69, 9.17) is 14.7 Å². The third-order valence-electron chi connectivity index (χ3n) is 4.00. The minimum absolute atomic E-state index is 0.0525. The van der Waals surface area contributed by atoms with E-state index in [9.17, 15) is 4.79 Å². The van der Waals surface area contributed by atoms with Gasteiger partial charge in [-0.15, -0.1) is 0 Å². The Morgan fingerprint density at radius 1 is 1.22 bits per heavy atom. The molecule has 2 aromatic carbocycles. The van der Waals surface area contributed by atoms with Gasteiger partial charge in [0, 0.05) is 0 Å². The highest BCUT2D eigenvalue weighted by atomic mass is 32.1. The number of para-hydroxylation sites is 2. The van der Waals surface area contributed by atoms with Gasteiger partial charge in [0.25, 0.3) is 5.56 Å². The fourth-order valence-corrected chi connectivity index (χ4v) is 3.86. The summed E-state index contributed by atoms with van der Waals surface area (Å²) in [4.78, 5) is 18.0. The number of aromatic nitrogens is 2. The third kappa shape index (κ3) is 3.11. The third-order valence-corrected chi connectivity index (χ3v) is 4.97. The van der Waals surface area contributed by atoms with Crippen molar-refractivity contribution < 1.29 is 9.47 Å². The highest BCUT2D eigenvalue weighted by molar-refractivity contribution is 7.15. The lowest BCUT2D eigenvalue weighted by atomic mass is 10.2. The summed E-state index contributed by atoms with van der Waals surface area (Å²) in [6, 6.07) is 14.9. The molecule has 4 aromatic rings. The van der Waals surface area contributed by atoms with Crippen LogP contribution < -0.4 is 19.6 Å². The first-order chi connectivity index (χ1) is 13.2. The van der Waals surface area contributed by atoms with Crippen molar-refractivity contribution >= 4 is 33.4 Å². The zero-order valence-corrected chi connectivity index (χ0v) is 15.3. The molecule has 134 valence electrons. The van der Waals surface area contributed by atoms with E-state index in [1.54, 1.807) is 16.5 Å². The molecule has 0 N–H and O–H groups in total. The van der Waals surface area contributed by atoms with Gasteiger partial charge in [0.05, 0.1) is 22.2 Å². The predicted octanol–water partition coefficient (Wildman–Crippen LogP) is 2.76. The van der Waals surface area contributed by atoms with Gasteiger partial charge in [0.15, 0.2) is 23.1 Å². The van der Waals surface area contributed by atoms with E-state index < -0.39 is 0 Å². The summed E-state index contributed by atoms with van der Waals surface area (Å²) in [5, 5.41) is 8.69. The van der Waals surface area contributed by atoms with Crippen LogP contribution in [0, 0.1) is 11.3 Å². The van der Waals surface area contributed by atoms with Gasteiger partial charge in [0.1, 0.15) is 6.07 Å². The normalized spacial score (nSPS) is 11.8. The first-order valence-corrected chi connectivity index (χ1v) is 9.21. The van der Waals surface area contributed by atoms with Crippen LogP contribution in [0.4, 0.5) is 0 Å². The maximum Gasteiger partial charge on any atom is 0.274 e. The van der Waals surface area contributed by atoms with Crippen LogP contribution in [0.15, 0.2) is 47.3 Å². The topological polar surface area (TPSA) is 76.6 Å². The highest BCUT2D eigenvalue weighted by Crippen LogP contribution is 2.28. The van der Waals surface area contributed by atoms with Crippen LogP contribution in [0.25, 0.3) is 22.1 Å². The first kappa shape index (κ1) is 17.1. The number of rotatable bonds is 5. The molecule has 0 fully saturated rings. The lowest BCUT2D eigenvalue weighted by molar-refractivity contribution is 0.298. The molecular formula is C20H15N3O3S. The van der Waals surface area contributed by atoms with Crippen molar-refractivity contribution in [3.63, 3.8) is 0 Å². The first-order valence-electron chi connectivity index (χ1n) is 8.39. The van der Waals surface area contributed by atoms with Gasteiger partial charge in [0.2, 0.25) is 0 Å². The Bertz CT molecular complexity index is 1280. The molecule has 0 saturated carbocycles. The second kappa shape index (κ2) is 7.09. The molecule has 0 radical (unpaired) electrons. The number of ether oxygens (including phenoxy) is 2. The lowest BCUT2D eigenvalue weighted by Crippen LogP contribution is -2.22. The largest absolute Gasteiger partial charge is 0.490 e. The standard InChI is InChI=1S/C20H15N3O3S/c1-2-25-17-11-13(7-8-16(17)26-10-9-21)12-18-19(24)23-15-6-4-3-5-14(15)22-20(23)27-18/h3-8,11-12H,2,10H2,1H3. The minimum Gasteiger partial charge on any atom is -0.490 e. The molecule has 2 heterocycles. The molecular weight excluding hydrogens is 362 g/mol. The van der Waals surface area contributed by atoms with Crippen molar-refractivity contribution in [1.29, 1.82) is 5.26 Å². The summed E-state index contributed by atoms with van der Waals surface area (Å²) in [6.45, 7) is 2.29. The van der Waals surface area contributed by atoms with Crippen LogP contribution in [0.1, 0.15) is 12.5 Å². The molecule has 0 spiro atoms. The summed E-state index contributed by atoms with van der Waals surface area (Å²) in [6.07, 6.45) is 1.81. The molecule has 0 atom stereocenters. The van der Waals surface area contributed by atoms with E-state index in [-0.39, 0.29) is 12.2 Å². The fourth-order valence-electron chi connectivity index (χ4n) is 2.88. The zero-order valence-electron chi connectivity index (χ0n) is 14.5. The van der Waals surface area contributed by atoms with Gasteiger partial charge < -0.3 is 9.47 Å². The Morgan fingerprint density at radius 3 is 2.89 bits per heavy atom. The maximum atomic E-state index is 12.8. The predicted molar refractivity (Wildman–Crippen MR) is 104 cm³/mol. The van der Waals surface area contributed by atoms with Crippen molar-refractivity contribution in [2.45, 2.75) is 6.92 Å². The lowest BCUT2D eigenvalue weighted by Gasteiger charge is -2.10. The molecule has 0 unspecified atom stereocenters. The molecule has 0 bridgehead atoms. The van der Waals surface area contributed by atoms with E-state index in [2.05, 4.69) is 4.98 Å². The van der Waals surface area contributed by atoms with Crippen molar-refractivity contribution in [3.8, 4) is 17.6 Å². The van der Waals surface area contributed by atoms with E-state index in [0.29, 0.717) is 27.6 Å². The molecule has 4 rings (SSSR count). The Balaban J connectivity index is 1.81. The Morgan fingerprint density at radius 2 is 2.07 bits per heavy atom. The second-order valence-corrected chi connectivity index (χ2v) is 6.73. The Labute approximate surface area is 158 Å².